The standard InChI is InChI=1S/C12H12ClN5O4/c1-2-12(21)5(3-19)22-10(7(12)20)18-4-15-6-8(14)16-11(13)17-9(6)18/h1,4-5,7,10,19-21H,3H2,(H2,14,16,17)/t5-,7+,10-,12-/m1/s1. The van der Waals surface area contributed by atoms with Gasteiger partial charge in [0.2, 0.25) is 5.28 Å². The number of halogens is 1. The summed E-state index contributed by atoms with van der Waals surface area (Å²) in [5.74, 6) is 2.12. The Morgan fingerprint density at radius 1 is 1.55 bits per heavy atom. The quantitative estimate of drug-likeness (QED) is 0.393. The highest BCUT2D eigenvalue weighted by atomic mass is 35.5. The van der Waals surface area contributed by atoms with Crippen LogP contribution < -0.4 is 5.73 Å². The zero-order chi connectivity index (χ0) is 16.1. The van der Waals surface area contributed by atoms with Gasteiger partial charge in [-0.05, 0) is 11.6 Å². The molecule has 3 heterocycles. The van der Waals surface area contributed by atoms with Gasteiger partial charge in [-0.15, -0.1) is 6.42 Å². The van der Waals surface area contributed by atoms with E-state index in [0.29, 0.717) is 0 Å². The first-order chi connectivity index (χ1) is 10.4. The van der Waals surface area contributed by atoms with Gasteiger partial charge in [-0.2, -0.15) is 9.97 Å². The van der Waals surface area contributed by atoms with E-state index < -0.39 is 30.6 Å². The molecule has 3 rings (SSSR count). The maximum atomic E-state index is 10.3. The first-order valence-electron chi connectivity index (χ1n) is 6.22. The zero-order valence-electron chi connectivity index (χ0n) is 11.1. The number of nitrogens with two attached hydrogens (primary N) is 1. The lowest BCUT2D eigenvalue weighted by Gasteiger charge is -2.23. The number of nitrogen functional groups attached to an aromatic ring is 1. The number of hydrogen-bond acceptors (Lipinski definition) is 8. The largest absolute Gasteiger partial charge is 0.394 e. The van der Waals surface area contributed by atoms with E-state index in [-0.39, 0.29) is 22.3 Å². The number of ether oxygens (including phenoxy) is 1. The third-order valence-corrected chi connectivity index (χ3v) is 3.78. The van der Waals surface area contributed by atoms with Gasteiger partial charge in [-0.25, -0.2) is 4.98 Å². The molecule has 0 aromatic carbocycles. The normalized spacial score (nSPS) is 31.5. The summed E-state index contributed by atoms with van der Waals surface area (Å²) in [7, 11) is 0. The van der Waals surface area contributed by atoms with Crippen molar-refractivity contribution in [2.24, 2.45) is 0 Å². The van der Waals surface area contributed by atoms with E-state index in [4.69, 9.17) is 28.5 Å². The molecule has 0 radical (unpaired) electrons. The number of terminal acetylenes is 1. The van der Waals surface area contributed by atoms with E-state index in [1.54, 1.807) is 0 Å². The smallest absolute Gasteiger partial charge is 0.226 e. The molecule has 4 atom stereocenters. The van der Waals surface area contributed by atoms with Gasteiger partial charge in [0.05, 0.1) is 12.9 Å². The van der Waals surface area contributed by atoms with E-state index in [0.717, 1.165) is 0 Å². The molecule has 0 aliphatic carbocycles. The molecule has 0 bridgehead atoms. The minimum atomic E-state index is -2.04. The van der Waals surface area contributed by atoms with Gasteiger partial charge in [0.25, 0.3) is 0 Å². The lowest BCUT2D eigenvalue weighted by atomic mass is 9.93. The van der Waals surface area contributed by atoms with Crippen molar-refractivity contribution in [2.45, 2.75) is 24.0 Å². The minimum Gasteiger partial charge on any atom is -0.394 e. The van der Waals surface area contributed by atoms with E-state index in [2.05, 4.69) is 20.9 Å². The van der Waals surface area contributed by atoms with Crippen LogP contribution in [0.2, 0.25) is 5.28 Å². The SMILES string of the molecule is C#C[C@@]1(O)[C@@H](CO)O[C@@H](n2cnc3c(N)nc(Cl)nc32)[C@@H]1O. The van der Waals surface area contributed by atoms with Crippen LogP contribution >= 0.6 is 11.6 Å². The average molecular weight is 326 g/mol. The van der Waals surface area contributed by atoms with E-state index in [1.807, 2.05) is 0 Å². The zero-order valence-corrected chi connectivity index (χ0v) is 11.8. The molecular formula is C12H12ClN5O4. The van der Waals surface area contributed by atoms with Crippen molar-refractivity contribution in [1.82, 2.24) is 19.5 Å². The number of hydrogen-bond donors (Lipinski definition) is 4. The van der Waals surface area contributed by atoms with Crippen molar-refractivity contribution < 1.29 is 20.1 Å². The highest BCUT2D eigenvalue weighted by Gasteiger charge is 2.55. The molecule has 1 saturated heterocycles. The Kier molecular flexibility index (Phi) is 3.43. The number of imidazole rings is 1. The molecule has 116 valence electrons. The fourth-order valence-electron chi connectivity index (χ4n) is 2.43. The van der Waals surface area contributed by atoms with E-state index >= 15 is 0 Å². The summed E-state index contributed by atoms with van der Waals surface area (Å²) < 4.78 is 6.77. The molecule has 1 aliphatic heterocycles. The van der Waals surface area contributed by atoms with Crippen LogP contribution in [-0.2, 0) is 4.74 Å². The highest BCUT2D eigenvalue weighted by molar-refractivity contribution is 6.28. The van der Waals surface area contributed by atoms with Gasteiger partial charge in [-0.3, -0.25) is 4.57 Å². The van der Waals surface area contributed by atoms with E-state index in [1.165, 1.54) is 10.9 Å². The molecule has 10 heteroatoms. The van der Waals surface area contributed by atoms with Crippen molar-refractivity contribution in [3.8, 4) is 12.3 Å². The van der Waals surface area contributed by atoms with Crippen molar-refractivity contribution in [2.75, 3.05) is 12.3 Å². The number of anilines is 1. The fourth-order valence-corrected chi connectivity index (χ4v) is 2.60. The van der Waals surface area contributed by atoms with Gasteiger partial charge in [0, 0.05) is 0 Å². The molecular weight excluding hydrogens is 314 g/mol. The molecule has 2 aromatic heterocycles. The topological polar surface area (TPSA) is 140 Å². The summed E-state index contributed by atoms with van der Waals surface area (Å²) in [6, 6.07) is 0. The third kappa shape index (κ3) is 1.93. The summed E-state index contributed by atoms with van der Waals surface area (Å²) >= 11 is 5.77. The van der Waals surface area contributed by atoms with Gasteiger partial charge in [0.15, 0.2) is 23.3 Å². The number of aliphatic hydroxyl groups is 3. The predicted molar refractivity (Wildman–Crippen MR) is 75.5 cm³/mol. The van der Waals surface area contributed by atoms with Crippen LogP contribution in [0.1, 0.15) is 6.23 Å². The molecule has 22 heavy (non-hydrogen) atoms. The van der Waals surface area contributed by atoms with Crippen molar-refractivity contribution in [1.29, 1.82) is 0 Å². The number of nitrogens with zero attached hydrogens (tertiary/aromatic N) is 4. The average Bonchev–Trinajstić information content (AvgIpc) is 3.00. The van der Waals surface area contributed by atoms with Crippen LogP contribution in [0.15, 0.2) is 6.33 Å². The van der Waals surface area contributed by atoms with Crippen molar-refractivity contribution >= 4 is 28.6 Å². The lowest BCUT2D eigenvalue weighted by Crippen LogP contribution is -2.47. The summed E-state index contributed by atoms with van der Waals surface area (Å²) in [6.07, 6.45) is 2.77. The maximum absolute atomic E-state index is 10.3. The minimum absolute atomic E-state index is 0.0622. The van der Waals surface area contributed by atoms with Crippen LogP contribution in [0.4, 0.5) is 5.82 Å². The Morgan fingerprint density at radius 2 is 2.27 bits per heavy atom. The monoisotopic (exact) mass is 325 g/mol. The van der Waals surface area contributed by atoms with Crippen LogP contribution in [0.3, 0.4) is 0 Å². The summed E-state index contributed by atoms with van der Waals surface area (Å²) in [6.45, 7) is -0.571. The van der Waals surface area contributed by atoms with Crippen molar-refractivity contribution in [3.05, 3.63) is 11.6 Å². The molecule has 5 N–H and O–H groups in total. The van der Waals surface area contributed by atoms with Gasteiger partial charge >= 0.3 is 0 Å². The molecule has 1 aliphatic rings. The molecule has 0 spiro atoms. The Hall–Kier alpha value is -1.96. The molecule has 0 saturated carbocycles. The summed E-state index contributed by atoms with van der Waals surface area (Å²) in [5, 5.41) is 29.8. The predicted octanol–water partition coefficient (Wildman–Crippen LogP) is -1.32. The molecule has 0 unspecified atom stereocenters. The summed E-state index contributed by atoms with van der Waals surface area (Å²) in [5.41, 5.74) is 4.13. The number of aliphatic hydroxyl groups excluding tert-OH is 2. The second kappa shape index (κ2) is 5.05. The molecule has 0 amide bonds. The second-order valence-corrected chi connectivity index (χ2v) is 5.15. The van der Waals surface area contributed by atoms with Crippen LogP contribution in [0.5, 0.6) is 0 Å². The molecule has 9 nitrogen and oxygen atoms in total. The van der Waals surface area contributed by atoms with Crippen LogP contribution in [-0.4, -0.2) is 59.3 Å². The van der Waals surface area contributed by atoms with Gasteiger partial charge in [0.1, 0.15) is 17.7 Å². The fraction of sp³-hybridized carbons (Fsp3) is 0.417. The maximum Gasteiger partial charge on any atom is 0.226 e. The van der Waals surface area contributed by atoms with E-state index in [9.17, 15) is 15.3 Å². The number of aromatic nitrogens is 4. The Balaban J connectivity index is 2.11. The number of fused-ring (bicyclic) bond motifs is 1. The molecule has 2 aromatic rings. The Morgan fingerprint density at radius 3 is 2.86 bits per heavy atom. The number of rotatable bonds is 2. The van der Waals surface area contributed by atoms with Gasteiger partial charge in [-0.1, -0.05) is 5.92 Å². The molecule has 1 fully saturated rings. The second-order valence-electron chi connectivity index (χ2n) is 4.81. The highest BCUT2D eigenvalue weighted by Crippen LogP contribution is 2.38. The lowest BCUT2D eigenvalue weighted by molar-refractivity contribution is -0.0605. The Bertz CT molecular complexity index is 775. The first-order valence-corrected chi connectivity index (χ1v) is 6.60. The van der Waals surface area contributed by atoms with Crippen molar-refractivity contribution in [3.63, 3.8) is 0 Å². The van der Waals surface area contributed by atoms with Crippen LogP contribution in [0, 0.1) is 12.3 Å². The third-order valence-electron chi connectivity index (χ3n) is 3.61. The van der Waals surface area contributed by atoms with Crippen LogP contribution in [0.25, 0.3) is 11.2 Å². The van der Waals surface area contributed by atoms with Gasteiger partial charge < -0.3 is 25.8 Å². The first kappa shape index (κ1) is 15.0. The Labute approximate surface area is 129 Å². The summed E-state index contributed by atoms with van der Waals surface area (Å²) in [4.78, 5) is 11.8.